The second kappa shape index (κ2) is 6.30. The first-order chi connectivity index (χ1) is 8.02. The number of alkyl halides is 2. The zero-order valence-electron chi connectivity index (χ0n) is 8.78. The monoisotopic (exact) mass is 266 g/mol. The van der Waals surface area contributed by atoms with Crippen LogP contribution in [0.4, 0.5) is 19.6 Å². The Kier molecular flexibility index (Phi) is 5.04. The van der Waals surface area contributed by atoms with Crippen LogP contribution in [0.2, 0.25) is 0 Å². The molecule has 0 aromatic carbocycles. The number of primary amides is 1. The molecule has 1 amide bonds. The van der Waals surface area contributed by atoms with Crippen molar-refractivity contribution >= 4 is 28.3 Å². The summed E-state index contributed by atoms with van der Waals surface area (Å²) in [6.07, 6.45) is -2.49. The number of amides is 1. The van der Waals surface area contributed by atoms with Crippen molar-refractivity contribution in [1.82, 2.24) is 4.37 Å². The molecule has 1 aromatic heterocycles. The standard InChI is InChI=1S/C8H12F2N4O2S/c9-4(10)3-16-2-1-13-8-5(7(12)15)6(11)14-17-8/h4,13H,1-3H2,(H2,11,14)(H2,12,15). The number of ether oxygens (including phenoxy) is 1. The van der Waals surface area contributed by atoms with Crippen molar-refractivity contribution in [3.05, 3.63) is 5.56 Å². The highest BCUT2D eigenvalue weighted by atomic mass is 32.1. The number of carbonyl (C=O) groups excluding carboxylic acids is 1. The van der Waals surface area contributed by atoms with E-state index in [1.807, 2.05) is 0 Å². The van der Waals surface area contributed by atoms with Gasteiger partial charge in [0.05, 0.1) is 6.61 Å². The van der Waals surface area contributed by atoms with Crippen LogP contribution in [0.3, 0.4) is 0 Å². The van der Waals surface area contributed by atoms with Gasteiger partial charge in [-0.15, -0.1) is 0 Å². The summed E-state index contributed by atoms with van der Waals surface area (Å²) < 4.78 is 31.9. The fourth-order valence-electron chi connectivity index (χ4n) is 1.07. The highest BCUT2D eigenvalue weighted by Crippen LogP contribution is 2.25. The van der Waals surface area contributed by atoms with Gasteiger partial charge in [-0.25, -0.2) is 8.78 Å². The Morgan fingerprint density at radius 1 is 1.59 bits per heavy atom. The smallest absolute Gasteiger partial charge is 0.261 e. The normalized spacial score (nSPS) is 10.8. The predicted octanol–water partition coefficient (Wildman–Crippen LogP) is 0.518. The van der Waals surface area contributed by atoms with Crippen LogP contribution in [0, 0.1) is 0 Å². The summed E-state index contributed by atoms with van der Waals surface area (Å²) in [4.78, 5) is 11.0. The van der Waals surface area contributed by atoms with Gasteiger partial charge < -0.3 is 21.5 Å². The molecule has 0 saturated carbocycles. The number of aromatic nitrogens is 1. The van der Waals surface area contributed by atoms with Gasteiger partial charge >= 0.3 is 0 Å². The lowest BCUT2D eigenvalue weighted by atomic mass is 10.3. The topological polar surface area (TPSA) is 103 Å². The molecule has 5 N–H and O–H groups in total. The van der Waals surface area contributed by atoms with Crippen LogP contribution in [0.1, 0.15) is 10.4 Å². The molecule has 0 unspecified atom stereocenters. The molecule has 6 nitrogen and oxygen atoms in total. The first-order valence-corrected chi connectivity index (χ1v) is 5.44. The van der Waals surface area contributed by atoms with Crippen LogP contribution < -0.4 is 16.8 Å². The number of halogens is 2. The molecule has 0 fully saturated rings. The molecule has 0 aliphatic rings. The van der Waals surface area contributed by atoms with Crippen molar-refractivity contribution in [3.8, 4) is 0 Å². The van der Waals surface area contributed by atoms with Crippen LogP contribution in [-0.4, -0.2) is 36.5 Å². The van der Waals surface area contributed by atoms with Crippen molar-refractivity contribution < 1.29 is 18.3 Å². The molecule has 0 bridgehead atoms. The first-order valence-electron chi connectivity index (χ1n) is 4.67. The third-order valence-electron chi connectivity index (χ3n) is 1.74. The van der Waals surface area contributed by atoms with Crippen LogP contribution in [0.15, 0.2) is 0 Å². The summed E-state index contributed by atoms with van der Waals surface area (Å²) in [6, 6.07) is 0. The minimum Gasteiger partial charge on any atom is -0.382 e. The molecule has 1 rings (SSSR count). The number of anilines is 2. The van der Waals surface area contributed by atoms with Gasteiger partial charge in [-0.1, -0.05) is 0 Å². The first kappa shape index (κ1) is 13.6. The van der Waals surface area contributed by atoms with E-state index in [2.05, 4.69) is 14.4 Å². The maximum Gasteiger partial charge on any atom is 0.261 e. The molecule has 96 valence electrons. The SMILES string of the molecule is NC(=O)c1c(N)nsc1NCCOCC(F)F. The van der Waals surface area contributed by atoms with Crippen molar-refractivity contribution in [3.63, 3.8) is 0 Å². The van der Waals surface area contributed by atoms with Crippen LogP contribution in [0.5, 0.6) is 0 Å². The molecule has 9 heteroatoms. The molecule has 0 aliphatic heterocycles. The summed E-state index contributed by atoms with van der Waals surface area (Å²) in [5.74, 6) is -0.634. The number of nitrogens with zero attached hydrogens (tertiary/aromatic N) is 1. The minimum atomic E-state index is -2.49. The van der Waals surface area contributed by atoms with E-state index < -0.39 is 18.9 Å². The fourth-order valence-corrected chi connectivity index (χ4v) is 1.81. The fraction of sp³-hybridized carbons (Fsp3) is 0.500. The van der Waals surface area contributed by atoms with Gasteiger partial charge in [0.2, 0.25) is 0 Å². The number of nitrogens with two attached hydrogens (primary N) is 2. The van der Waals surface area contributed by atoms with Gasteiger partial charge in [-0.2, -0.15) is 4.37 Å². The van der Waals surface area contributed by atoms with Gasteiger partial charge in [0, 0.05) is 6.54 Å². The van der Waals surface area contributed by atoms with E-state index in [0.717, 1.165) is 11.5 Å². The van der Waals surface area contributed by atoms with E-state index in [0.29, 0.717) is 5.00 Å². The lowest BCUT2D eigenvalue weighted by Crippen LogP contribution is -2.17. The Labute approximate surface area is 100 Å². The Bertz CT molecular complexity index is 386. The van der Waals surface area contributed by atoms with E-state index in [1.54, 1.807) is 0 Å². The second-order valence-electron chi connectivity index (χ2n) is 3.03. The molecule has 17 heavy (non-hydrogen) atoms. The maximum atomic E-state index is 11.7. The number of hydrogen-bond acceptors (Lipinski definition) is 6. The summed E-state index contributed by atoms with van der Waals surface area (Å²) in [6.45, 7) is -0.274. The largest absolute Gasteiger partial charge is 0.382 e. The lowest BCUT2D eigenvalue weighted by molar-refractivity contribution is 0.0215. The summed E-state index contributed by atoms with van der Waals surface area (Å²) >= 11 is 0.978. The van der Waals surface area contributed by atoms with Crippen molar-refractivity contribution in [2.24, 2.45) is 5.73 Å². The van der Waals surface area contributed by atoms with Crippen LogP contribution in [0.25, 0.3) is 0 Å². The zero-order valence-corrected chi connectivity index (χ0v) is 9.60. The number of carbonyl (C=O) groups is 1. The summed E-state index contributed by atoms with van der Waals surface area (Å²) in [5, 5.41) is 3.21. The van der Waals surface area contributed by atoms with Crippen molar-refractivity contribution in [1.29, 1.82) is 0 Å². The highest BCUT2D eigenvalue weighted by Gasteiger charge is 2.16. The number of nitrogens with one attached hydrogen (secondary N) is 1. The number of hydrogen-bond donors (Lipinski definition) is 3. The average Bonchev–Trinajstić information content (AvgIpc) is 2.59. The third kappa shape index (κ3) is 4.11. The quantitative estimate of drug-likeness (QED) is 0.624. The van der Waals surface area contributed by atoms with Gasteiger partial charge in [-0.05, 0) is 11.5 Å². The number of nitrogen functional groups attached to an aromatic ring is 1. The molecule has 0 radical (unpaired) electrons. The molecule has 0 saturated heterocycles. The average molecular weight is 266 g/mol. The second-order valence-corrected chi connectivity index (χ2v) is 3.80. The summed E-state index contributed by atoms with van der Waals surface area (Å²) in [7, 11) is 0. The van der Waals surface area contributed by atoms with E-state index >= 15 is 0 Å². The van der Waals surface area contributed by atoms with E-state index in [1.165, 1.54) is 0 Å². The van der Waals surface area contributed by atoms with Crippen molar-refractivity contribution in [2.75, 3.05) is 30.8 Å². The van der Waals surface area contributed by atoms with E-state index in [9.17, 15) is 13.6 Å². The molecule has 0 atom stereocenters. The van der Waals surface area contributed by atoms with E-state index in [-0.39, 0.29) is 24.5 Å². The Morgan fingerprint density at radius 2 is 2.29 bits per heavy atom. The molecule has 0 spiro atoms. The number of rotatable bonds is 7. The van der Waals surface area contributed by atoms with Gasteiger partial charge in [0.15, 0.2) is 5.82 Å². The Hall–Kier alpha value is -1.48. The van der Waals surface area contributed by atoms with Gasteiger partial charge in [0.1, 0.15) is 17.2 Å². The molecular formula is C8H12F2N4O2S. The zero-order chi connectivity index (χ0) is 12.8. The van der Waals surface area contributed by atoms with Gasteiger partial charge in [-0.3, -0.25) is 4.79 Å². The van der Waals surface area contributed by atoms with Crippen LogP contribution >= 0.6 is 11.5 Å². The van der Waals surface area contributed by atoms with Crippen LogP contribution in [-0.2, 0) is 4.74 Å². The lowest BCUT2D eigenvalue weighted by Gasteiger charge is -2.05. The highest BCUT2D eigenvalue weighted by molar-refractivity contribution is 7.11. The summed E-state index contributed by atoms with van der Waals surface area (Å²) in [5.41, 5.74) is 10.7. The Morgan fingerprint density at radius 3 is 2.88 bits per heavy atom. The molecule has 1 heterocycles. The van der Waals surface area contributed by atoms with Crippen molar-refractivity contribution in [2.45, 2.75) is 6.43 Å². The Balaban J connectivity index is 2.39. The maximum absolute atomic E-state index is 11.7. The van der Waals surface area contributed by atoms with Gasteiger partial charge in [0.25, 0.3) is 12.3 Å². The molecular weight excluding hydrogens is 254 g/mol. The molecule has 0 aliphatic carbocycles. The van der Waals surface area contributed by atoms with E-state index in [4.69, 9.17) is 11.5 Å². The molecule has 1 aromatic rings. The predicted molar refractivity (Wildman–Crippen MR) is 60.4 cm³/mol. The minimum absolute atomic E-state index is 0.0542. The third-order valence-corrected chi connectivity index (χ3v) is 2.56.